The van der Waals surface area contributed by atoms with E-state index in [9.17, 15) is 0 Å². The molecule has 0 saturated carbocycles. The fourth-order valence-corrected chi connectivity index (χ4v) is 2.48. The third-order valence-corrected chi connectivity index (χ3v) is 3.55. The zero-order chi connectivity index (χ0) is 17.5. The molecule has 2 rings (SSSR count). The summed E-state index contributed by atoms with van der Waals surface area (Å²) in [6.45, 7) is 4.74. The third-order valence-electron chi connectivity index (χ3n) is 3.55. The molecule has 3 N–H and O–H groups in total. The van der Waals surface area contributed by atoms with E-state index in [0.29, 0.717) is 18.8 Å². The molecule has 0 atom stereocenters. The molecule has 0 bridgehead atoms. The summed E-state index contributed by atoms with van der Waals surface area (Å²) in [5.41, 5.74) is 8.94. The molecule has 0 aliphatic heterocycles. The maximum absolute atomic E-state index is 8.84. The first-order valence-corrected chi connectivity index (χ1v) is 7.70. The lowest BCUT2D eigenvalue weighted by Crippen LogP contribution is -2.14. The number of rotatable bonds is 8. The molecule has 0 unspecified atom stereocenters. The van der Waals surface area contributed by atoms with Gasteiger partial charge in [-0.3, -0.25) is 0 Å². The highest BCUT2D eigenvalue weighted by atomic mass is 16.5. The molecular weight excluding hydrogens is 310 g/mol. The van der Waals surface area contributed by atoms with Crippen molar-refractivity contribution < 1.29 is 19.2 Å². The van der Waals surface area contributed by atoms with Gasteiger partial charge in [-0.25, -0.2) is 0 Å². The molecule has 2 aromatic rings. The number of oxime groups is 1. The summed E-state index contributed by atoms with van der Waals surface area (Å²) >= 11 is 0. The molecule has 7 nitrogen and oxygen atoms in total. The number of amidine groups is 1. The quantitative estimate of drug-likeness (QED) is 0.253. The summed E-state index contributed by atoms with van der Waals surface area (Å²) in [5.74, 6) is 1.68. The van der Waals surface area contributed by atoms with Crippen LogP contribution in [0.5, 0.6) is 5.75 Å². The topological polar surface area (TPSA) is 103 Å². The Hall–Kier alpha value is -2.54. The minimum Gasteiger partial charge on any atom is -0.493 e. The van der Waals surface area contributed by atoms with Gasteiger partial charge in [0.05, 0.1) is 18.9 Å². The summed E-state index contributed by atoms with van der Waals surface area (Å²) in [6, 6.07) is 5.55. The number of nitrogens with two attached hydrogens (primary N) is 1. The highest BCUT2D eigenvalue weighted by Crippen LogP contribution is 2.26. The normalized spacial score (nSPS) is 11.7. The predicted octanol–water partition coefficient (Wildman–Crippen LogP) is 2.54. The monoisotopic (exact) mass is 333 g/mol. The van der Waals surface area contributed by atoms with Crippen LogP contribution in [0.4, 0.5) is 0 Å². The van der Waals surface area contributed by atoms with Crippen molar-refractivity contribution in [2.75, 3.05) is 13.7 Å². The van der Waals surface area contributed by atoms with Crippen LogP contribution in [-0.2, 0) is 17.8 Å². The van der Waals surface area contributed by atoms with Gasteiger partial charge in [0.25, 0.3) is 0 Å². The van der Waals surface area contributed by atoms with Crippen LogP contribution in [0.15, 0.2) is 27.9 Å². The van der Waals surface area contributed by atoms with Crippen molar-refractivity contribution in [2.45, 2.75) is 33.3 Å². The zero-order valence-electron chi connectivity index (χ0n) is 14.2. The van der Waals surface area contributed by atoms with E-state index in [1.54, 1.807) is 13.2 Å². The van der Waals surface area contributed by atoms with Gasteiger partial charge in [-0.2, -0.15) is 0 Å². The molecule has 0 radical (unpaired) electrons. The van der Waals surface area contributed by atoms with Crippen LogP contribution in [0.1, 0.15) is 34.6 Å². The lowest BCUT2D eigenvalue weighted by atomic mass is 10.0. The average Bonchev–Trinajstić information content (AvgIpc) is 2.98. The summed E-state index contributed by atoms with van der Waals surface area (Å²) in [4.78, 5) is 0. The zero-order valence-corrected chi connectivity index (χ0v) is 14.2. The van der Waals surface area contributed by atoms with E-state index in [1.165, 1.54) is 0 Å². The minimum absolute atomic E-state index is 0.0580. The van der Waals surface area contributed by atoms with Crippen molar-refractivity contribution in [1.29, 1.82) is 0 Å². The molecule has 1 aromatic carbocycles. The number of benzene rings is 1. The summed E-state index contributed by atoms with van der Waals surface area (Å²) in [5, 5.41) is 15.7. The van der Waals surface area contributed by atoms with E-state index in [0.717, 1.165) is 41.2 Å². The van der Waals surface area contributed by atoms with Crippen LogP contribution >= 0.6 is 0 Å². The van der Waals surface area contributed by atoms with Crippen LogP contribution in [-0.4, -0.2) is 29.9 Å². The largest absolute Gasteiger partial charge is 0.493 e. The molecule has 1 aromatic heterocycles. The van der Waals surface area contributed by atoms with Gasteiger partial charge in [0.1, 0.15) is 11.5 Å². The molecule has 1 heterocycles. The van der Waals surface area contributed by atoms with Gasteiger partial charge in [-0.15, -0.1) is 0 Å². The van der Waals surface area contributed by atoms with Gasteiger partial charge >= 0.3 is 0 Å². The van der Waals surface area contributed by atoms with Crippen LogP contribution in [0.25, 0.3) is 0 Å². The van der Waals surface area contributed by atoms with E-state index in [-0.39, 0.29) is 5.84 Å². The van der Waals surface area contributed by atoms with Gasteiger partial charge in [0.2, 0.25) is 0 Å². The fraction of sp³-hybridized carbons (Fsp3) is 0.412. The first-order valence-electron chi connectivity index (χ1n) is 7.70. The average molecular weight is 333 g/mol. The Morgan fingerprint density at radius 1 is 1.33 bits per heavy atom. The lowest BCUT2D eigenvalue weighted by Gasteiger charge is -2.15. The first kappa shape index (κ1) is 17.8. The predicted molar refractivity (Wildman–Crippen MR) is 89.5 cm³/mol. The highest BCUT2D eigenvalue weighted by molar-refractivity contribution is 5.97. The van der Waals surface area contributed by atoms with Crippen LogP contribution in [0.2, 0.25) is 0 Å². The SMILES string of the molecule is COCc1cc(C(N)=NO)cc(C)c1OCCCc1cc(C)no1. The van der Waals surface area contributed by atoms with Gasteiger partial charge in [-0.05, 0) is 38.0 Å². The highest BCUT2D eigenvalue weighted by Gasteiger charge is 2.12. The number of methoxy groups -OCH3 is 1. The second-order valence-electron chi connectivity index (χ2n) is 5.59. The van der Waals surface area contributed by atoms with Gasteiger partial charge in [0, 0.05) is 30.7 Å². The molecule has 130 valence electrons. The second kappa shape index (κ2) is 8.35. The maximum atomic E-state index is 8.84. The van der Waals surface area contributed by atoms with Crippen LogP contribution in [0.3, 0.4) is 0 Å². The molecular formula is C17H23N3O4. The maximum Gasteiger partial charge on any atom is 0.170 e. The van der Waals surface area contributed by atoms with Crippen molar-refractivity contribution in [2.24, 2.45) is 10.9 Å². The Bertz CT molecular complexity index is 710. The summed E-state index contributed by atoms with van der Waals surface area (Å²) in [6.07, 6.45) is 1.57. The van der Waals surface area contributed by atoms with E-state index < -0.39 is 0 Å². The van der Waals surface area contributed by atoms with Gasteiger partial charge < -0.3 is 24.9 Å². The number of nitrogens with zero attached hydrogens (tertiary/aromatic N) is 2. The second-order valence-corrected chi connectivity index (χ2v) is 5.59. The summed E-state index contributed by atoms with van der Waals surface area (Å²) < 4.78 is 16.3. The molecule has 0 fully saturated rings. The Labute approximate surface area is 141 Å². The molecule has 0 aliphatic rings. The van der Waals surface area contributed by atoms with Crippen LogP contribution < -0.4 is 10.5 Å². The number of aromatic nitrogens is 1. The van der Waals surface area contributed by atoms with Crippen molar-refractivity contribution in [1.82, 2.24) is 5.16 Å². The first-order chi connectivity index (χ1) is 11.5. The number of aryl methyl sites for hydroxylation is 3. The standard InChI is InChI=1S/C17H23N3O4/c1-11-7-13(17(18)19-21)9-14(10-22-3)16(11)23-6-4-5-15-8-12(2)20-24-15/h7-9,21H,4-6,10H2,1-3H3,(H2,18,19). The Kier molecular flexibility index (Phi) is 6.20. The lowest BCUT2D eigenvalue weighted by molar-refractivity contribution is 0.179. The van der Waals surface area contributed by atoms with Crippen molar-refractivity contribution in [3.63, 3.8) is 0 Å². The fourth-order valence-electron chi connectivity index (χ4n) is 2.48. The number of ether oxygens (including phenoxy) is 2. The minimum atomic E-state index is 0.0580. The van der Waals surface area contributed by atoms with E-state index in [2.05, 4.69) is 10.3 Å². The molecule has 7 heteroatoms. The van der Waals surface area contributed by atoms with Crippen molar-refractivity contribution in [3.8, 4) is 5.75 Å². The molecule has 24 heavy (non-hydrogen) atoms. The number of hydrogen-bond donors (Lipinski definition) is 2. The Morgan fingerprint density at radius 2 is 2.12 bits per heavy atom. The van der Waals surface area contributed by atoms with Crippen molar-refractivity contribution in [3.05, 3.63) is 46.3 Å². The van der Waals surface area contributed by atoms with Crippen LogP contribution in [0, 0.1) is 13.8 Å². The third kappa shape index (κ3) is 4.48. The van der Waals surface area contributed by atoms with E-state index >= 15 is 0 Å². The Balaban J connectivity index is 2.05. The van der Waals surface area contributed by atoms with E-state index in [4.69, 9.17) is 24.9 Å². The Morgan fingerprint density at radius 3 is 2.75 bits per heavy atom. The molecule has 0 saturated heterocycles. The molecule has 0 aliphatic carbocycles. The smallest absolute Gasteiger partial charge is 0.170 e. The molecule has 0 amide bonds. The molecule has 0 spiro atoms. The summed E-state index contributed by atoms with van der Waals surface area (Å²) in [7, 11) is 1.61. The van der Waals surface area contributed by atoms with Crippen molar-refractivity contribution >= 4 is 5.84 Å². The number of hydrogen-bond acceptors (Lipinski definition) is 6. The van der Waals surface area contributed by atoms with E-state index in [1.807, 2.05) is 26.0 Å². The van der Waals surface area contributed by atoms with Gasteiger partial charge in [0.15, 0.2) is 5.84 Å². The van der Waals surface area contributed by atoms with Gasteiger partial charge in [-0.1, -0.05) is 10.3 Å².